The predicted molar refractivity (Wildman–Crippen MR) is 512 cm³/mol. The second-order valence-electron chi connectivity index (χ2n) is 31.4. The molecule has 0 N–H and O–H groups in total. The maximum atomic E-state index is 6.27. The normalized spacial score (nSPS) is 11.5. The summed E-state index contributed by atoms with van der Waals surface area (Å²) < 4.78 is 12.4. The molecule has 12 nitrogen and oxygen atoms in total. The second kappa shape index (κ2) is 31.7. The molecule has 0 fully saturated rings. The third kappa shape index (κ3) is 14.3. The summed E-state index contributed by atoms with van der Waals surface area (Å²) in [6, 6.07) is 147. The van der Waals surface area contributed by atoms with E-state index in [0.717, 1.165) is 194 Å². The van der Waals surface area contributed by atoms with Gasteiger partial charge in [0.2, 0.25) is 5.71 Å². The first-order chi connectivity index (χ1) is 62.3. The fourth-order valence-corrected chi connectivity index (χ4v) is 16.9. The predicted octanol–water partition coefficient (Wildman–Crippen LogP) is 29.1. The highest BCUT2D eigenvalue weighted by molar-refractivity contribution is 6.18. The van der Waals surface area contributed by atoms with Crippen LogP contribution in [0.2, 0.25) is 0 Å². The Bertz CT molecular complexity index is 8230. The smallest absolute Gasteiger partial charge is 0.246 e. The zero-order chi connectivity index (χ0) is 83.4. The molecule has 6 heterocycles. The first kappa shape index (κ1) is 73.9. The average molecular weight is 1610 g/mol. The summed E-state index contributed by atoms with van der Waals surface area (Å²) in [4.78, 5) is 49.4. The number of aromatic nitrogens is 10. The number of hydrogen-bond donors (Lipinski definition) is 0. The minimum absolute atomic E-state index is 0.562. The molecule has 24 aromatic rings. The van der Waals surface area contributed by atoms with Crippen LogP contribution < -0.4 is 0 Å². The van der Waals surface area contributed by atoms with Crippen molar-refractivity contribution in [2.24, 2.45) is 0 Å². The van der Waals surface area contributed by atoms with E-state index in [2.05, 4.69) is 297 Å². The topological polar surface area (TPSA) is 155 Å². The van der Waals surface area contributed by atoms with Gasteiger partial charge >= 0.3 is 0 Å². The molecular weight excluding hydrogens is 1540 g/mol. The zero-order valence-electron chi connectivity index (χ0n) is 67.7. The van der Waals surface area contributed by atoms with E-state index < -0.39 is 0 Å². The molecule has 0 unspecified atom stereocenters. The van der Waals surface area contributed by atoms with Crippen molar-refractivity contribution in [3.05, 3.63) is 425 Å². The number of nitrogens with zero attached hydrogens (tertiary/aromatic N) is 10. The Labute approximate surface area is 724 Å². The van der Waals surface area contributed by atoms with Gasteiger partial charge in [0.1, 0.15) is 22.2 Å². The van der Waals surface area contributed by atoms with E-state index in [0.29, 0.717) is 40.7 Å². The van der Waals surface area contributed by atoms with E-state index in [1.54, 1.807) is 0 Å². The highest BCUT2D eigenvalue weighted by Gasteiger charge is 2.21. The fourth-order valence-electron chi connectivity index (χ4n) is 16.9. The third-order valence-corrected chi connectivity index (χ3v) is 23.6. The highest BCUT2D eigenvalue weighted by atomic mass is 16.3. The van der Waals surface area contributed by atoms with Gasteiger partial charge in [-0.25, -0.2) is 49.8 Å². The number of benzene rings is 18. The molecule has 0 amide bonds. The largest absolute Gasteiger partial charge is 0.454 e. The molecule has 24 rings (SSSR count). The molecule has 126 heavy (non-hydrogen) atoms. The lowest BCUT2D eigenvalue weighted by molar-refractivity contribution is 0.655. The molecule has 0 radical (unpaired) electrons. The van der Waals surface area contributed by atoms with Crippen LogP contribution in [0.1, 0.15) is 0 Å². The van der Waals surface area contributed by atoms with Gasteiger partial charge in [0.05, 0.1) is 33.0 Å². The second-order valence-corrected chi connectivity index (χ2v) is 31.4. The molecule has 0 aliphatic carbocycles. The Morgan fingerprint density at radius 3 is 0.865 bits per heavy atom. The fraction of sp³-hybridized carbons (Fsp3) is 0. The number of hydrogen-bond acceptors (Lipinski definition) is 12. The maximum Gasteiger partial charge on any atom is 0.246 e. The van der Waals surface area contributed by atoms with Gasteiger partial charge in [-0.1, -0.05) is 370 Å². The van der Waals surface area contributed by atoms with Crippen LogP contribution >= 0.6 is 0 Å². The van der Waals surface area contributed by atoms with Crippen LogP contribution in [0.5, 0.6) is 0 Å². The third-order valence-electron chi connectivity index (χ3n) is 23.6. The molecule has 0 atom stereocenters. The molecule has 0 saturated carbocycles. The molecule has 0 aliphatic heterocycles. The summed E-state index contributed by atoms with van der Waals surface area (Å²) in [5.74, 6) is 3.82. The van der Waals surface area contributed by atoms with Crippen molar-refractivity contribution in [3.63, 3.8) is 0 Å². The summed E-state index contributed by atoms with van der Waals surface area (Å²) in [7, 11) is 0. The first-order valence-corrected chi connectivity index (χ1v) is 42.0. The van der Waals surface area contributed by atoms with Crippen LogP contribution in [0.4, 0.5) is 0 Å². The molecule has 0 aliphatic rings. The van der Waals surface area contributed by atoms with E-state index in [1.165, 1.54) is 11.1 Å². The summed E-state index contributed by atoms with van der Waals surface area (Å²) in [6.07, 6.45) is 0. The minimum Gasteiger partial charge on any atom is -0.454 e. The number of rotatable bonds is 14. The Balaban J connectivity index is 0.000000145. The van der Waals surface area contributed by atoms with Crippen LogP contribution in [0.25, 0.3) is 245 Å². The van der Waals surface area contributed by atoms with Gasteiger partial charge < -0.3 is 8.83 Å². The molecule has 588 valence electrons. The van der Waals surface area contributed by atoms with E-state index in [-0.39, 0.29) is 0 Å². The van der Waals surface area contributed by atoms with Crippen molar-refractivity contribution in [3.8, 4) is 157 Å². The quantitative estimate of drug-likeness (QED) is 0.0952. The van der Waals surface area contributed by atoms with Crippen LogP contribution in [-0.2, 0) is 0 Å². The standard InChI is InChI=1S/2C57H35N5O/c1-3-9-36(10-4-1)37-23-27-44(28-24-37)55-60-54(43-11-5-2-6-12-43)61-56(62-55)45-29-25-41(26-30-45)39-17-15-38(16-18-39)40-19-21-42(22-20-40)46-31-33-48-47(35-46)32-34-51-52(48)53-57(63-51)59-50-14-8-7-13-49(50)58-53;1-3-9-36(10-4-1)37-23-27-44(28-24-37)56-60-55(43-11-5-2-6-12-43)61-57(62-56)45-29-25-41(26-30-45)39-17-15-38(16-18-39)40-19-21-42(22-20-40)46-31-33-49-51(35-46)59-53-50(58-49)34-32-48-47-13-7-8-14-52(47)63-54(48)53/h2*1-35H. The van der Waals surface area contributed by atoms with Gasteiger partial charge in [-0.2, -0.15) is 0 Å². The molecule has 12 heteroatoms. The van der Waals surface area contributed by atoms with Crippen LogP contribution in [0.15, 0.2) is 433 Å². The van der Waals surface area contributed by atoms with Crippen molar-refractivity contribution in [2.75, 3.05) is 0 Å². The van der Waals surface area contributed by atoms with Gasteiger partial charge in [-0.15, -0.1) is 0 Å². The van der Waals surface area contributed by atoms with Crippen LogP contribution in [0, 0.1) is 0 Å². The molecule has 18 aromatic carbocycles. The minimum atomic E-state index is 0.562. The lowest BCUT2D eigenvalue weighted by Gasteiger charge is -2.10. The van der Waals surface area contributed by atoms with Gasteiger partial charge in [0.15, 0.2) is 40.5 Å². The first-order valence-electron chi connectivity index (χ1n) is 42.0. The molecular formula is C114H70N10O2. The van der Waals surface area contributed by atoms with Crippen molar-refractivity contribution >= 4 is 88.0 Å². The highest BCUT2D eigenvalue weighted by Crippen LogP contribution is 2.41. The maximum absolute atomic E-state index is 6.27. The number of fused-ring (bicyclic) bond motifs is 12. The van der Waals surface area contributed by atoms with E-state index in [4.69, 9.17) is 58.7 Å². The van der Waals surface area contributed by atoms with E-state index in [9.17, 15) is 0 Å². The summed E-state index contributed by atoms with van der Waals surface area (Å²) >= 11 is 0. The molecule has 0 bridgehead atoms. The lowest BCUT2D eigenvalue weighted by atomic mass is 9.96. The Hall–Kier alpha value is -17.2. The van der Waals surface area contributed by atoms with Crippen molar-refractivity contribution in [1.82, 2.24) is 49.8 Å². The molecule has 0 saturated heterocycles. The van der Waals surface area contributed by atoms with Gasteiger partial charge in [0.25, 0.3) is 0 Å². The van der Waals surface area contributed by atoms with Crippen molar-refractivity contribution in [2.45, 2.75) is 0 Å². The van der Waals surface area contributed by atoms with Crippen molar-refractivity contribution < 1.29 is 8.83 Å². The van der Waals surface area contributed by atoms with Gasteiger partial charge in [0, 0.05) is 44.2 Å². The number of para-hydroxylation sites is 3. The monoisotopic (exact) mass is 1610 g/mol. The molecule has 0 spiro atoms. The Morgan fingerprint density at radius 2 is 0.444 bits per heavy atom. The zero-order valence-corrected chi connectivity index (χ0v) is 67.7. The SMILES string of the molecule is c1ccc(-c2ccc(-c3nc(-c4ccccc4)nc(-c4ccc(-c5ccc(-c6ccc(-c7ccc8c(ccc9oc%10nc%11ccccc%11nc%10c98)c7)cc6)cc5)cc4)n3)cc2)cc1.c1ccc(-c2ccc(-c3nc(-c4ccccc4)nc(-c4ccc(-c5ccc(-c6ccc(-c7ccc8nc9ccc%10c%11ccccc%11oc%10c9nc8c7)cc6)cc5)cc4)n3)cc2)cc1. The Kier molecular flexibility index (Phi) is 18.6. The Morgan fingerprint density at radius 1 is 0.151 bits per heavy atom. The van der Waals surface area contributed by atoms with Gasteiger partial charge in [-0.3, -0.25) is 0 Å². The van der Waals surface area contributed by atoms with Crippen molar-refractivity contribution in [1.29, 1.82) is 0 Å². The summed E-state index contributed by atoms with van der Waals surface area (Å²) in [6.45, 7) is 0. The van der Waals surface area contributed by atoms with E-state index >= 15 is 0 Å². The van der Waals surface area contributed by atoms with Crippen LogP contribution in [0.3, 0.4) is 0 Å². The van der Waals surface area contributed by atoms with E-state index in [1.807, 2.05) is 127 Å². The molecule has 6 aromatic heterocycles. The van der Waals surface area contributed by atoms with Crippen LogP contribution in [-0.4, -0.2) is 49.8 Å². The average Bonchev–Trinajstić information content (AvgIpc) is 1.69. The summed E-state index contributed by atoms with van der Waals surface area (Å²) in [5.41, 5.74) is 32.6. The van der Waals surface area contributed by atoms with Gasteiger partial charge in [-0.05, 0) is 154 Å². The summed E-state index contributed by atoms with van der Waals surface area (Å²) in [5, 5.41) is 5.36. The lowest BCUT2D eigenvalue weighted by Crippen LogP contribution is -2.00. The number of furan rings is 2.